The van der Waals surface area contributed by atoms with Crippen molar-refractivity contribution in [2.24, 2.45) is 11.7 Å². The maximum absolute atomic E-state index is 11.7. The van der Waals surface area contributed by atoms with Crippen LogP contribution in [0.3, 0.4) is 0 Å². The molecule has 1 saturated heterocycles. The van der Waals surface area contributed by atoms with Crippen molar-refractivity contribution in [3.05, 3.63) is 17.3 Å². The van der Waals surface area contributed by atoms with Crippen LogP contribution >= 0.6 is 11.6 Å². The molecule has 6 heteroatoms. The molecule has 0 radical (unpaired) electrons. The van der Waals surface area contributed by atoms with Crippen molar-refractivity contribution in [3.8, 4) is 0 Å². The van der Waals surface area contributed by atoms with E-state index in [2.05, 4.69) is 4.98 Å². The molecule has 1 fully saturated rings. The molecule has 86 valence electrons. The first-order valence-electron chi connectivity index (χ1n) is 5.04. The highest BCUT2D eigenvalue weighted by atomic mass is 35.5. The van der Waals surface area contributed by atoms with Crippen LogP contribution in [0, 0.1) is 5.92 Å². The van der Waals surface area contributed by atoms with Gasteiger partial charge < -0.3 is 11.5 Å². The van der Waals surface area contributed by atoms with E-state index in [-0.39, 0.29) is 11.8 Å². The Labute approximate surface area is 98.4 Å². The molecule has 1 unspecified atom stereocenters. The SMILES string of the molecule is NCC1CC(=O)N(c2nc(Cl)ccc2N)C1. The summed E-state index contributed by atoms with van der Waals surface area (Å²) in [5, 5.41) is 0.327. The second-order valence-electron chi connectivity index (χ2n) is 3.86. The number of nitrogen functional groups attached to an aromatic ring is 1. The highest BCUT2D eigenvalue weighted by Gasteiger charge is 2.31. The van der Waals surface area contributed by atoms with Crippen LogP contribution in [0.25, 0.3) is 0 Å². The number of amides is 1. The molecular weight excluding hydrogens is 228 g/mol. The van der Waals surface area contributed by atoms with Crippen LogP contribution in [0.5, 0.6) is 0 Å². The van der Waals surface area contributed by atoms with Crippen molar-refractivity contribution < 1.29 is 4.79 Å². The van der Waals surface area contributed by atoms with Gasteiger partial charge in [0, 0.05) is 13.0 Å². The third kappa shape index (κ3) is 1.96. The maximum atomic E-state index is 11.7. The molecule has 2 rings (SSSR count). The topological polar surface area (TPSA) is 85.2 Å². The summed E-state index contributed by atoms with van der Waals surface area (Å²) in [5.41, 5.74) is 11.8. The minimum Gasteiger partial charge on any atom is -0.396 e. The second kappa shape index (κ2) is 4.27. The molecule has 1 amide bonds. The van der Waals surface area contributed by atoms with Gasteiger partial charge in [-0.25, -0.2) is 4.98 Å². The molecule has 1 aliphatic heterocycles. The molecule has 5 nitrogen and oxygen atoms in total. The molecule has 0 bridgehead atoms. The lowest BCUT2D eigenvalue weighted by atomic mass is 10.1. The van der Waals surface area contributed by atoms with E-state index in [1.54, 1.807) is 17.0 Å². The fraction of sp³-hybridized carbons (Fsp3) is 0.400. The predicted octanol–water partition coefficient (Wildman–Crippen LogP) is 0.629. The molecule has 1 atom stereocenters. The Balaban J connectivity index is 2.30. The number of anilines is 2. The van der Waals surface area contributed by atoms with Crippen LogP contribution in [0.2, 0.25) is 5.15 Å². The van der Waals surface area contributed by atoms with Gasteiger partial charge in [-0.1, -0.05) is 11.6 Å². The minimum absolute atomic E-state index is 0.00285. The molecule has 0 aromatic carbocycles. The van der Waals surface area contributed by atoms with Gasteiger partial charge in [0.05, 0.1) is 5.69 Å². The van der Waals surface area contributed by atoms with E-state index in [1.807, 2.05) is 0 Å². The third-order valence-corrected chi connectivity index (χ3v) is 2.88. The van der Waals surface area contributed by atoms with Crippen LogP contribution in [0.4, 0.5) is 11.5 Å². The van der Waals surface area contributed by atoms with Crippen molar-refractivity contribution >= 4 is 29.0 Å². The largest absolute Gasteiger partial charge is 0.396 e. The Kier molecular flexibility index (Phi) is 2.98. The number of aromatic nitrogens is 1. The van der Waals surface area contributed by atoms with Crippen LogP contribution in [-0.2, 0) is 4.79 Å². The molecular formula is C10H13ClN4O. The first-order valence-corrected chi connectivity index (χ1v) is 5.42. The summed E-state index contributed by atoms with van der Waals surface area (Å²) in [6.45, 7) is 1.05. The monoisotopic (exact) mass is 240 g/mol. The summed E-state index contributed by atoms with van der Waals surface area (Å²) in [5.74, 6) is 0.609. The molecule has 0 spiro atoms. The molecule has 1 aromatic heterocycles. The van der Waals surface area contributed by atoms with Gasteiger partial charge in [-0.05, 0) is 24.6 Å². The molecule has 4 N–H and O–H groups in total. The summed E-state index contributed by atoms with van der Waals surface area (Å²) in [7, 11) is 0. The lowest BCUT2D eigenvalue weighted by Crippen LogP contribution is -2.27. The van der Waals surface area contributed by atoms with E-state index in [0.717, 1.165) is 0 Å². The van der Waals surface area contributed by atoms with E-state index in [4.69, 9.17) is 23.1 Å². The standard InChI is InChI=1S/C10H13ClN4O/c11-8-2-1-7(13)10(14-8)15-5-6(4-12)3-9(15)16/h1-2,6H,3-5,12-13H2. The second-order valence-corrected chi connectivity index (χ2v) is 4.24. The van der Waals surface area contributed by atoms with Gasteiger partial charge in [-0.15, -0.1) is 0 Å². The summed E-state index contributed by atoms with van der Waals surface area (Å²) >= 11 is 5.78. The van der Waals surface area contributed by atoms with Crippen molar-refractivity contribution in [2.75, 3.05) is 23.7 Å². The number of carbonyl (C=O) groups excluding carboxylic acids is 1. The number of carbonyl (C=O) groups is 1. The molecule has 16 heavy (non-hydrogen) atoms. The van der Waals surface area contributed by atoms with Crippen molar-refractivity contribution in [3.63, 3.8) is 0 Å². The average Bonchev–Trinajstić information content (AvgIpc) is 2.63. The first kappa shape index (κ1) is 11.2. The Bertz CT molecular complexity index is 423. The van der Waals surface area contributed by atoms with Crippen LogP contribution in [0.15, 0.2) is 12.1 Å². The lowest BCUT2D eigenvalue weighted by Gasteiger charge is -2.17. The van der Waals surface area contributed by atoms with E-state index in [9.17, 15) is 4.79 Å². The van der Waals surface area contributed by atoms with Crippen molar-refractivity contribution in [1.82, 2.24) is 4.98 Å². The van der Waals surface area contributed by atoms with Crippen molar-refractivity contribution in [2.45, 2.75) is 6.42 Å². The number of pyridine rings is 1. The fourth-order valence-electron chi connectivity index (χ4n) is 1.80. The smallest absolute Gasteiger partial charge is 0.228 e. The fourth-order valence-corrected chi connectivity index (χ4v) is 1.94. The van der Waals surface area contributed by atoms with E-state index < -0.39 is 0 Å². The van der Waals surface area contributed by atoms with E-state index >= 15 is 0 Å². The van der Waals surface area contributed by atoms with Crippen LogP contribution in [-0.4, -0.2) is 24.0 Å². The van der Waals surface area contributed by atoms with Crippen LogP contribution < -0.4 is 16.4 Å². The van der Waals surface area contributed by atoms with Gasteiger partial charge in [0.2, 0.25) is 5.91 Å². The van der Waals surface area contributed by atoms with Gasteiger partial charge in [0.15, 0.2) is 5.82 Å². The molecule has 0 saturated carbocycles. The number of halogens is 1. The maximum Gasteiger partial charge on any atom is 0.228 e. The van der Waals surface area contributed by atoms with Gasteiger partial charge >= 0.3 is 0 Å². The highest BCUT2D eigenvalue weighted by molar-refractivity contribution is 6.29. The Morgan fingerprint density at radius 2 is 2.31 bits per heavy atom. The van der Waals surface area contributed by atoms with Gasteiger partial charge in [-0.2, -0.15) is 0 Å². The van der Waals surface area contributed by atoms with E-state index in [0.29, 0.717) is 36.2 Å². The van der Waals surface area contributed by atoms with Gasteiger partial charge in [-0.3, -0.25) is 9.69 Å². The van der Waals surface area contributed by atoms with Crippen molar-refractivity contribution in [1.29, 1.82) is 0 Å². The lowest BCUT2D eigenvalue weighted by molar-refractivity contribution is -0.117. The van der Waals surface area contributed by atoms with Gasteiger partial charge in [0.1, 0.15) is 5.15 Å². The molecule has 1 aromatic rings. The Hall–Kier alpha value is -1.33. The highest BCUT2D eigenvalue weighted by Crippen LogP contribution is 2.28. The number of rotatable bonds is 2. The minimum atomic E-state index is -0.00285. The number of hydrogen-bond acceptors (Lipinski definition) is 4. The van der Waals surface area contributed by atoms with Gasteiger partial charge in [0.25, 0.3) is 0 Å². The molecule has 2 heterocycles. The van der Waals surface area contributed by atoms with Crippen LogP contribution in [0.1, 0.15) is 6.42 Å². The number of hydrogen-bond donors (Lipinski definition) is 2. The summed E-state index contributed by atoms with van der Waals surface area (Å²) in [6, 6.07) is 3.25. The zero-order valence-electron chi connectivity index (χ0n) is 8.69. The summed E-state index contributed by atoms with van der Waals surface area (Å²) in [4.78, 5) is 17.4. The summed E-state index contributed by atoms with van der Waals surface area (Å²) < 4.78 is 0. The zero-order valence-corrected chi connectivity index (χ0v) is 9.44. The summed E-state index contributed by atoms with van der Waals surface area (Å²) in [6.07, 6.45) is 0.449. The number of nitrogens with two attached hydrogens (primary N) is 2. The normalized spacial score (nSPS) is 20.5. The number of nitrogens with zero attached hydrogens (tertiary/aromatic N) is 2. The predicted molar refractivity (Wildman–Crippen MR) is 63.2 cm³/mol. The zero-order chi connectivity index (χ0) is 11.7. The van der Waals surface area contributed by atoms with E-state index in [1.165, 1.54) is 0 Å². The third-order valence-electron chi connectivity index (χ3n) is 2.67. The molecule has 1 aliphatic rings. The first-order chi connectivity index (χ1) is 7.61. The Morgan fingerprint density at radius 3 is 2.94 bits per heavy atom. The quantitative estimate of drug-likeness (QED) is 0.743. The average molecular weight is 241 g/mol. The Morgan fingerprint density at radius 1 is 1.56 bits per heavy atom. The molecule has 0 aliphatic carbocycles.